The molecular weight excluding hydrogens is 451 g/mol. The Bertz CT molecular complexity index is 713. The van der Waals surface area contributed by atoms with E-state index in [1.54, 1.807) is 0 Å². The van der Waals surface area contributed by atoms with Gasteiger partial charge in [0.2, 0.25) is 0 Å². The number of pyridine rings is 2. The Labute approximate surface area is 178 Å². The summed E-state index contributed by atoms with van der Waals surface area (Å²) in [5.41, 5.74) is 2.20. The molecule has 0 bridgehead atoms. The maximum absolute atomic E-state index is 4.72. The van der Waals surface area contributed by atoms with Crippen molar-refractivity contribution in [3.63, 3.8) is 0 Å². The number of piperidine rings is 1. The van der Waals surface area contributed by atoms with Crippen molar-refractivity contribution in [2.24, 2.45) is 4.99 Å². The fourth-order valence-corrected chi connectivity index (χ4v) is 3.14. The summed E-state index contributed by atoms with van der Waals surface area (Å²) in [4.78, 5) is 15.9. The fourth-order valence-electron chi connectivity index (χ4n) is 3.14. The van der Waals surface area contributed by atoms with Gasteiger partial charge in [0.05, 0.1) is 12.2 Å². The lowest BCUT2D eigenvalue weighted by molar-refractivity contribution is 0.459. The molecule has 0 aliphatic carbocycles. The molecule has 2 aromatic heterocycles. The molecule has 6 nitrogen and oxygen atoms in total. The first-order valence-corrected chi connectivity index (χ1v) is 9.37. The highest BCUT2D eigenvalue weighted by Crippen LogP contribution is 2.17. The number of anilines is 1. The number of aromatic nitrogens is 2. The first-order chi connectivity index (χ1) is 12.8. The van der Waals surface area contributed by atoms with Crippen molar-refractivity contribution < 1.29 is 0 Å². The fraction of sp³-hybridized carbons (Fsp3) is 0.450. The van der Waals surface area contributed by atoms with E-state index >= 15 is 0 Å². The van der Waals surface area contributed by atoms with Crippen molar-refractivity contribution in [2.75, 3.05) is 24.5 Å². The van der Waals surface area contributed by atoms with Crippen LogP contribution in [-0.4, -0.2) is 41.6 Å². The van der Waals surface area contributed by atoms with E-state index in [1.807, 2.05) is 30.6 Å². The van der Waals surface area contributed by atoms with E-state index in [-0.39, 0.29) is 24.0 Å². The minimum Gasteiger partial charge on any atom is -0.357 e. The highest BCUT2D eigenvalue weighted by atomic mass is 127. The van der Waals surface area contributed by atoms with E-state index in [2.05, 4.69) is 51.5 Å². The Morgan fingerprint density at radius 1 is 1.15 bits per heavy atom. The molecule has 7 heteroatoms. The molecule has 0 spiro atoms. The van der Waals surface area contributed by atoms with Gasteiger partial charge in [0.25, 0.3) is 0 Å². The molecule has 3 rings (SSSR count). The van der Waals surface area contributed by atoms with Crippen LogP contribution in [0.4, 0.5) is 5.82 Å². The topological polar surface area (TPSA) is 65.4 Å². The van der Waals surface area contributed by atoms with Crippen LogP contribution in [0.1, 0.15) is 31.0 Å². The lowest BCUT2D eigenvalue weighted by Gasteiger charge is -2.33. The minimum absolute atomic E-state index is 0. The maximum Gasteiger partial charge on any atom is 0.191 e. The lowest BCUT2D eigenvalue weighted by Crippen LogP contribution is -2.48. The van der Waals surface area contributed by atoms with Crippen LogP contribution in [0.25, 0.3) is 0 Å². The molecule has 146 valence electrons. The highest BCUT2D eigenvalue weighted by Gasteiger charge is 2.20. The van der Waals surface area contributed by atoms with Gasteiger partial charge >= 0.3 is 0 Å². The molecule has 2 aromatic rings. The minimum atomic E-state index is 0. The van der Waals surface area contributed by atoms with Gasteiger partial charge in [-0.25, -0.2) is 9.98 Å². The predicted octanol–water partition coefficient (Wildman–Crippen LogP) is 3.13. The quantitative estimate of drug-likeness (QED) is 0.391. The SMILES string of the molecule is CCNC(=NCc1ncccc1C)NC1CCN(c2ccccn2)CC1.I. The van der Waals surface area contributed by atoms with Crippen LogP contribution in [0.5, 0.6) is 0 Å². The van der Waals surface area contributed by atoms with Gasteiger partial charge in [-0.15, -0.1) is 24.0 Å². The van der Waals surface area contributed by atoms with Crippen molar-refractivity contribution in [3.8, 4) is 0 Å². The molecule has 2 N–H and O–H groups in total. The van der Waals surface area contributed by atoms with Crippen LogP contribution in [0.2, 0.25) is 0 Å². The number of aryl methyl sites for hydroxylation is 1. The smallest absolute Gasteiger partial charge is 0.191 e. The molecule has 27 heavy (non-hydrogen) atoms. The Hall–Kier alpha value is -1.90. The van der Waals surface area contributed by atoms with Crippen molar-refractivity contribution in [1.82, 2.24) is 20.6 Å². The van der Waals surface area contributed by atoms with E-state index in [9.17, 15) is 0 Å². The third kappa shape index (κ3) is 6.34. The molecule has 3 heterocycles. The molecular formula is C20H29IN6. The number of hydrogen-bond acceptors (Lipinski definition) is 4. The number of guanidine groups is 1. The van der Waals surface area contributed by atoms with E-state index in [4.69, 9.17) is 4.99 Å². The summed E-state index contributed by atoms with van der Waals surface area (Å²) in [6.07, 6.45) is 5.83. The molecule has 0 atom stereocenters. The Kier molecular flexibility index (Phi) is 8.77. The average molecular weight is 480 g/mol. The van der Waals surface area contributed by atoms with Crippen LogP contribution in [0, 0.1) is 6.92 Å². The standard InChI is InChI=1S/C20H28N6.HI/c1-3-21-20(24-15-18-16(2)7-6-12-22-18)25-17-9-13-26(14-10-17)19-8-4-5-11-23-19;/h4-8,11-12,17H,3,9-10,13-15H2,1-2H3,(H2,21,24,25);1H. The molecule has 0 radical (unpaired) electrons. The first kappa shape index (κ1) is 21.4. The summed E-state index contributed by atoms with van der Waals surface area (Å²) in [7, 11) is 0. The van der Waals surface area contributed by atoms with Crippen LogP contribution >= 0.6 is 24.0 Å². The molecule has 1 aliphatic heterocycles. The summed E-state index contributed by atoms with van der Waals surface area (Å²) in [6, 6.07) is 10.5. The van der Waals surface area contributed by atoms with Crippen LogP contribution in [0.15, 0.2) is 47.7 Å². The number of nitrogens with zero attached hydrogens (tertiary/aromatic N) is 4. The van der Waals surface area contributed by atoms with E-state index in [0.717, 1.165) is 49.9 Å². The number of halogens is 1. The number of nitrogens with one attached hydrogen (secondary N) is 2. The summed E-state index contributed by atoms with van der Waals surface area (Å²) < 4.78 is 0. The largest absolute Gasteiger partial charge is 0.357 e. The Balaban J connectivity index is 0.00000261. The zero-order valence-corrected chi connectivity index (χ0v) is 18.4. The summed E-state index contributed by atoms with van der Waals surface area (Å²) >= 11 is 0. The van der Waals surface area contributed by atoms with Gasteiger partial charge in [-0.2, -0.15) is 0 Å². The van der Waals surface area contributed by atoms with Crippen molar-refractivity contribution in [3.05, 3.63) is 54.0 Å². The monoisotopic (exact) mass is 480 g/mol. The van der Waals surface area contributed by atoms with E-state index in [0.29, 0.717) is 12.6 Å². The number of rotatable bonds is 5. The van der Waals surface area contributed by atoms with Crippen LogP contribution in [-0.2, 0) is 6.54 Å². The van der Waals surface area contributed by atoms with Crippen molar-refractivity contribution in [1.29, 1.82) is 0 Å². The van der Waals surface area contributed by atoms with Crippen molar-refractivity contribution in [2.45, 2.75) is 39.3 Å². The zero-order chi connectivity index (χ0) is 18.2. The summed E-state index contributed by atoms with van der Waals surface area (Å²) in [5.74, 6) is 1.94. The second-order valence-corrected chi connectivity index (χ2v) is 6.56. The predicted molar refractivity (Wildman–Crippen MR) is 122 cm³/mol. The second kappa shape index (κ2) is 11.1. The van der Waals surface area contributed by atoms with Gasteiger partial charge in [0.1, 0.15) is 5.82 Å². The Morgan fingerprint density at radius 3 is 2.59 bits per heavy atom. The maximum atomic E-state index is 4.72. The summed E-state index contributed by atoms with van der Waals surface area (Å²) in [6.45, 7) is 7.62. The zero-order valence-electron chi connectivity index (χ0n) is 16.1. The van der Waals surface area contributed by atoms with Gasteiger partial charge in [-0.05, 0) is 50.5 Å². The van der Waals surface area contributed by atoms with E-state index < -0.39 is 0 Å². The van der Waals surface area contributed by atoms with Crippen LogP contribution in [0.3, 0.4) is 0 Å². The number of hydrogen-bond donors (Lipinski definition) is 2. The average Bonchev–Trinajstić information content (AvgIpc) is 2.69. The van der Waals surface area contributed by atoms with E-state index in [1.165, 1.54) is 5.56 Å². The Morgan fingerprint density at radius 2 is 1.93 bits per heavy atom. The molecule has 1 fully saturated rings. The van der Waals surface area contributed by atoms with Crippen molar-refractivity contribution >= 4 is 35.8 Å². The molecule has 1 aliphatic rings. The third-order valence-electron chi connectivity index (χ3n) is 4.66. The lowest BCUT2D eigenvalue weighted by atomic mass is 10.1. The molecule has 0 amide bonds. The van der Waals surface area contributed by atoms with Gasteiger partial charge in [-0.1, -0.05) is 12.1 Å². The normalized spacial score (nSPS) is 15.2. The molecule has 0 saturated carbocycles. The van der Waals surface area contributed by atoms with Gasteiger partial charge in [0, 0.05) is 38.1 Å². The van der Waals surface area contributed by atoms with Gasteiger partial charge in [-0.3, -0.25) is 4.98 Å². The first-order valence-electron chi connectivity index (χ1n) is 9.37. The second-order valence-electron chi connectivity index (χ2n) is 6.56. The molecule has 0 unspecified atom stereocenters. The molecule has 0 aromatic carbocycles. The molecule has 1 saturated heterocycles. The van der Waals surface area contributed by atoms with Crippen LogP contribution < -0.4 is 15.5 Å². The highest BCUT2D eigenvalue weighted by molar-refractivity contribution is 14.0. The van der Waals surface area contributed by atoms with Gasteiger partial charge in [0.15, 0.2) is 5.96 Å². The van der Waals surface area contributed by atoms with Gasteiger partial charge < -0.3 is 15.5 Å². The summed E-state index contributed by atoms with van der Waals surface area (Å²) in [5, 5.41) is 6.93. The number of aliphatic imine (C=N–C) groups is 1. The third-order valence-corrected chi connectivity index (χ3v) is 4.66.